The van der Waals surface area contributed by atoms with Crippen LogP contribution in [0.5, 0.6) is 23.0 Å². The summed E-state index contributed by atoms with van der Waals surface area (Å²) in [6.45, 7) is 3.73. The van der Waals surface area contributed by atoms with Gasteiger partial charge >= 0.3 is 0 Å². The number of para-hydroxylation sites is 2. The first-order valence-corrected chi connectivity index (χ1v) is 12.8. The van der Waals surface area contributed by atoms with Crippen molar-refractivity contribution >= 4 is 0 Å². The zero-order valence-electron chi connectivity index (χ0n) is 20.5. The second kappa shape index (κ2) is 14.3. The minimum Gasteiger partial charge on any atom is -0.490 e. The lowest BCUT2D eigenvalue weighted by molar-refractivity contribution is 0.208. The Balaban J connectivity index is 1.28. The third kappa shape index (κ3) is 8.84. The van der Waals surface area contributed by atoms with E-state index in [2.05, 4.69) is 11.4 Å². The fourth-order valence-electron chi connectivity index (χ4n) is 4.37. The van der Waals surface area contributed by atoms with E-state index >= 15 is 0 Å². The Morgan fingerprint density at radius 3 is 1.80 bits per heavy atom. The lowest BCUT2D eigenvalue weighted by atomic mass is 9.89. The molecule has 5 heteroatoms. The highest BCUT2D eigenvalue weighted by atomic mass is 16.5. The average molecular weight is 476 g/mol. The summed E-state index contributed by atoms with van der Waals surface area (Å²) in [6, 6.07) is 25.7. The van der Waals surface area contributed by atoms with Crippen LogP contribution in [0.3, 0.4) is 0 Å². The van der Waals surface area contributed by atoms with Crippen molar-refractivity contribution in [3.05, 3.63) is 84.4 Å². The van der Waals surface area contributed by atoms with Gasteiger partial charge in [0.25, 0.3) is 0 Å². The third-order valence-corrected chi connectivity index (χ3v) is 6.23. The average Bonchev–Trinajstić information content (AvgIpc) is 2.92. The van der Waals surface area contributed by atoms with E-state index in [1.54, 1.807) is 0 Å². The van der Waals surface area contributed by atoms with Gasteiger partial charge in [-0.3, -0.25) is 0 Å². The van der Waals surface area contributed by atoms with E-state index in [4.69, 9.17) is 18.9 Å². The molecule has 35 heavy (non-hydrogen) atoms. The van der Waals surface area contributed by atoms with Gasteiger partial charge in [-0.25, -0.2) is 0 Å². The van der Waals surface area contributed by atoms with Gasteiger partial charge in [0, 0.05) is 18.2 Å². The highest BCUT2D eigenvalue weighted by molar-refractivity contribution is 5.41. The van der Waals surface area contributed by atoms with E-state index < -0.39 is 0 Å². The van der Waals surface area contributed by atoms with Crippen molar-refractivity contribution in [3.8, 4) is 23.0 Å². The van der Waals surface area contributed by atoms with Crippen LogP contribution in [0, 0.1) is 5.92 Å². The Labute approximate surface area is 209 Å². The van der Waals surface area contributed by atoms with Crippen LogP contribution in [0.1, 0.15) is 37.7 Å². The number of hydrogen-bond donors (Lipinski definition) is 1. The van der Waals surface area contributed by atoms with Crippen LogP contribution in [0.25, 0.3) is 0 Å². The minimum atomic E-state index is 0.463. The molecular weight excluding hydrogens is 438 g/mol. The molecule has 0 amide bonds. The van der Waals surface area contributed by atoms with E-state index in [1.807, 2.05) is 72.8 Å². The van der Waals surface area contributed by atoms with Crippen LogP contribution in [-0.2, 0) is 6.54 Å². The Morgan fingerprint density at radius 1 is 0.600 bits per heavy atom. The van der Waals surface area contributed by atoms with Crippen LogP contribution >= 0.6 is 0 Å². The van der Waals surface area contributed by atoms with E-state index in [1.165, 1.54) is 32.1 Å². The first-order chi connectivity index (χ1) is 17.4. The molecule has 0 bridgehead atoms. The molecule has 186 valence electrons. The molecule has 1 N–H and O–H groups in total. The highest BCUT2D eigenvalue weighted by Crippen LogP contribution is 2.26. The van der Waals surface area contributed by atoms with Gasteiger partial charge in [0.05, 0.1) is 0 Å². The van der Waals surface area contributed by atoms with Gasteiger partial charge in [-0.05, 0) is 55.6 Å². The molecule has 1 saturated carbocycles. The molecule has 1 aliphatic rings. The zero-order chi connectivity index (χ0) is 24.0. The molecule has 0 aromatic heterocycles. The normalized spacial score (nSPS) is 13.8. The van der Waals surface area contributed by atoms with Crippen LogP contribution in [0.15, 0.2) is 78.9 Å². The second-order valence-corrected chi connectivity index (χ2v) is 8.92. The standard InChI is InChI=1S/C30H37NO4/c1-4-10-25(11-5-1)23-31-24-26-16-17-29(34-19-18-32-27-12-6-2-7-13-27)22-30(26)35-21-20-33-28-14-8-3-9-15-28/h2-3,6-9,12-17,22,25,31H,1,4-5,10-11,18-21,23-24H2. The molecule has 1 aliphatic carbocycles. The summed E-state index contributed by atoms with van der Waals surface area (Å²) in [5, 5.41) is 3.65. The Hall–Kier alpha value is -3.18. The minimum absolute atomic E-state index is 0.463. The molecule has 0 saturated heterocycles. The number of ether oxygens (including phenoxy) is 4. The molecule has 1 fully saturated rings. The van der Waals surface area contributed by atoms with Crippen molar-refractivity contribution in [2.24, 2.45) is 5.92 Å². The van der Waals surface area contributed by atoms with Crippen LogP contribution < -0.4 is 24.3 Å². The maximum Gasteiger partial charge on any atom is 0.127 e. The Morgan fingerprint density at radius 2 is 1.17 bits per heavy atom. The molecule has 0 unspecified atom stereocenters. The molecular formula is C30H37NO4. The van der Waals surface area contributed by atoms with E-state index in [0.29, 0.717) is 26.4 Å². The lowest BCUT2D eigenvalue weighted by Gasteiger charge is -2.22. The largest absolute Gasteiger partial charge is 0.490 e. The first-order valence-electron chi connectivity index (χ1n) is 12.8. The molecule has 0 spiro atoms. The smallest absolute Gasteiger partial charge is 0.127 e. The molecule has 0 heterocycles. The number of nitrogens with one attached hydrogen (secondary N) is 1. The summed E-state index contributed by atoms with van der Waals surface area (Å²) in [7, 11) is 0. The summed E-state index contributed by atoms with van der Waals surface area (Å²) in [6.07, 6.45) is 6.79. The summed E-state index contributed by atoms with van der Waals surface area (Å²) < 4.78 is 23.6. The topological polar surface area (TPSA) is 49.0 Å². The van der Waals surface area contributed by atoms with E-state index in [-0.39, 0.29) is 0 Å². The predicted octanol–water partition coefficient (Wildman–Crippen LogP) is 6.27. The van der Waals surface area contributed by atoms with Gasteiger partial charge < -0.3 is 24.3 Å². The molecule has 3 aromatic carbocycles. The molecule has 5 nitrogen and oxygen atoms in total. The number of rotatable bonds is 14. The fraction of sp³-hybridized carbons (Fsp3) is 0.400. The SMILES string of the molecule is c1ccc(OCCOc2ccc(CNCC3CCCCC3)c(OCCOc3ccccc3)c2)cc1. The van der Waals surface area contributed by atoms with Crippen molar-refractivity contribution < 1.29 is 18.9 Å². The van der Waals surface area contributed by atoms with Crippen LogP contribution in [0.2, 0.25) is 0 Å². The summed E-state index contributed by atoms with van der Waals surface area (Å²) >= 11 is 0. The maximum absolute atomic E-state index is 6.14. The monoisotopic (exact) mass is 475 g/mol. The van der Waals surface area contributed by atoms with Crippen molar-refractivity contribution in [3.63, 3.8) is 0 Å². The molecule has 0 aliphatic heterocycles. The fourth-order valence-corrected chi connectivity index (χ4v) is 4.37. The van der Waals surface area contributed by atoms with Gasteiger partial charge in [-0.2, -0.15) is 0 Å². The summed E-state index contributed by atoms with van der Waals surface area (Å²) in [5.74, 6) is 4.09. The summed E-state index contributed by atoms with van der Waals surface area (Å²) in [4.78, 5) is 0. The molecule has 4 rings (SSSR count). The van der Waals surface area contributed by atoms with Gasteiger partial charge in [0.1, 0.15) is 49.4 Å². The lowest BCUT2D eigenvalue weighted by Crippen LogP contribution is -2.24. The van der Waals surface area contributed by atoms with Crippen molar-refractivity contribution in [1.82, 2.24) is 5.32 Å². The quantitative estimate of drug-likeness (QED) is 0.278. The van der Waals surface area contributed by atoms with E-state index in [9.17, 15) is 0 Å². The van der Waals surface area contributed by atoms with Crippen molar-refractivity contribution in [2.75, 3.05) is 33.0 Å². The van der Waals surface area contributed by atoms with Gasteiger partial charge in [0.2, 0.25) is 0 Å². The van der Waals surface area contributed by atoms with Gasteiger partial charge in [0.15, 0.2) is 0 Å². The van der Waals surface area contributed by atoms with Gasteiger partial charge in [-0.15, -0.1) is 0 Å². The zero-order valence-corrected chi connectivity index (χ0v) is 20.5. The molecule has 0 radical (unpaired) electrons. The van der Waals surface area contributed by atoms with Crippen molar-refractivity contribution in [1.29, 1.82) is 0 Å². The first kappa shape index (κ1) is 24.9. The van der Waals surface area contributed by atoms with Crippen molar-refractivity contribution in [2.45, 2.75) is 38.6 Å². The number of hydrogen-bond acceptors (Lipinski definition) is 5. The second-order valence-electron chi connectivity index (χ2n) is 8.92. The number of benzene rings is 3. The van der Waals surface area contributed by atoms with E-state index in [0.717, 1.165) is 47.6 Å². The Kier molecular flexibility index (Phi) is 10.2. The highest BCUT2D eigenvalue weighted by Gasteiger charge is 2.13. The predicted molar refractivity (Wildman–Crippen MR) is 140 cm³/mol. The third-order valence-electron chi connectivity index (χ3n) is 6.23. The molecule has 3 aromatic rings. The molecule has 0 atom stereocenters. The van der Waals surface area contributed by atoms with Crippen LogP contribution in [0.4, 0.5) is 0 Å². The maximum atomic E-state index is 6.14. The Bertz CT molecular complexity index is 974. The van der Waals surface area contributed by atoms with Gasteiger partial charge in [-0.1, -0.05) is 61.7 Å². The van der Waals surface area contributed by atoms with Crippen LogP contribution in [-0.4, -0.2) is 33.0 Å². The summed E-state index contributed by atoms with van der Waals surface area (Å²) in [5.41, 5.74) is 1.13.